The van der Waals surface area contributed by atoms with Gasteiger partial charge in [-0.1, -0.05) is 33.0 Å². The summed E-state index contributed by atoms with van der Waals surface area (Å²) in [6.07, 6.45) is 3.27. The molecule has 3 heterocycles. The van der Waals surface area contributed by atoms with Crippen LogP contribution in [0.4, 0.5) is 5.69 Å². The van der Waals surface area contributed by atoms with Crippen LogP contribution in [0.15, 0.2) is 29.3 Å². The van der Waals surface area contributed by atoms with Gasteiger partial charge in [0, 0.05) is 44.7 Å². The van der Waals surface area contributed by atoms with Crippen molar-refractivity contribution in [1.82, 2.24) is 24.7 Å². The summed E-state index contributed by atoms with van der Waals surface area (Å²) in [5.41, 5.74) is 2.58. The molecule has 2 atom stereocenters. The zero-order chi connectivity index (χ0) is 26.0. The van der Waals surface area contributed by atoms with Crippen molar-refractivity contribution in [3.63, 3.8) is 0 Å². The number of benzene rings is 1. The minimum atomic E-state index is -3.62. The second-order valence-electron chi connectivity index (χ2n) is 10.1. The lowest BCUT2D eigenvalue weighted by Gasteiger charge is -2.40. The van der Waals surface area contributed by atoms with Gasteiger partial charge in [0.25, 0.3) is 0 Å². The number of nitrogens with one attached hydrogen (secondary N) is 2. The first-order chi connectivity index (χ1) is 17.1. The molecule has 1 aromatic heterocycles. The number of nitrogens with zero attached hydrogens (tertiary/aromatic N) is 4. The first-order valence-electron chi connectivity index (χ1n) is 12.7. The first-order valence-corrected chi connectivity index (χ1v) is 14.5. The average Bonchev–Trinajstić information content (AvgIpc) is 3.34. The fourth-order valence-electron chi connectivity index (χ4n) is 4.84. The van der Waals surface area contributed by atoms with Crippen molar-refractivity contribution in [2.45, 2.75) is 50.6 Å². The highest BCUT2D eigenvalue weighted by Crippen LogP contribution is 2.38. The number of sulfonamides is 1. The Balaban J connectivity index is 1.72. The van der Waals surface area contributed by atoms with E-state index < -0.39 is 10.0 Å². The molecule has 2 N–H and O–H groups in total. The van der Waals surface area contributed by atoms with Crippen molar-refractivity contribution < 1.29 is 13.2 Å². The van der Waals surface area contributed by atoms with E-state index in [1.165, 1.54) is 0 Å². The molecule has 0 aliphatic carbocycles. The van der Waals surface area contributed by atoms with Crippen LogP contribution in [0.25, 0.3) is 0 Å². The average molecular weight is 535 g/mol. The van der Waals surface area contributed by atoms with Gasteiger partial charge in [0.05, 0.1) is 23.4 Å². The maximum atomic E-state index is 13.6. The fourth-order valence-corrected chi connectivity index (χ4v) is 6.57. The van der Waals surface area contributed by atoms with Gasteiger partial charge in [0.2, 0.25) is 10.0 Å². The lowest BCUT2D eigenvalue weighted by Crippen LogP contribution is -2.53. The second kappa shape index (κ2) is 11.0. The van der Waals surface area contributed by atoms with E-state index in [1.54, 1.807) is 16.6 Å². The Labute approximate surface area is 220 Å². The molecule has 0 radical (unpaired) electrons. The van der Waals surface area contributed by atoms with Gasteiger partial charge >= 0.3 is 0 Å². The van der Waals surface area contributed by atoms with Crippen LogP contribution in [-0.2, 0) is 10.0 Å². The van der Waals surface area contributed by atoms with Gasteiger partial charge in [0.15, 0.2) is 0 Å². The van der Waals surface area contributed by atoms with E-state index in [0.29, 0.717) is 35.5 Å². The van der Waals surface area contributed by atoms with Crippen LogP contribution in [0, 0.1) is 5.92 Å². The highest BCUT2D eigenvalue weighted by molar-refractivity contribution is 7.89. The Bertz CT molecular complexity index is 1170. The molecular weight excluding hydrogens is 496 g/mol. The van der Waals surface area contributed by atoms with E-state index in [1.807, 2.05) is 26.2 Å². The maximum absolute atomic E-state index is 13.6. The van der Waals surface area contributed by atoms with Crippen molar-refractivity contribution >= 4 is 32.9 Å². The van der Waals surface area contributed by atoms with E-state index in [9.17, 15) is 8.42 Å². The molecule has 11 heteroatoms. The normalized spacial score (nSPS) is 20.3. The predicted octanol–water partition coefficient (Wildman–Crippen LogP) is 3.01. The van der Waals surface area contributed by atoms with E-state index in [0.717, 1.165) is 48.6 Å². The predicted molar refractivity (Wildman–Crippen MR) is 146 cm³/mol. The number of hydrogen-bond donors (Lipinski definition) is 2. The molecule has 1 aromatic carbocycles. The molecule has 0 saturated carbocycles. The molecule has 9 nitrogen and oxygen atoms in total. The second-order valence-corrected chi connectivity index (χ2v) is 12.5. The third-order valence-electron chi connectivity index (χ3n) is 7.18. The zero-order valence-electron chi connectivity index (χ0n) is 21.8. The zero-order valence-corrected chi connectivity index (χ0v) is 23.5. The molecule has 2 aliphatic heterocycles. The number of H-pyrrole nitrogens is 1. The van der Waals surface area contributed by atoms with Crippen molar-refractivity contribution in [2.24, 2.45) is 5.92 Å². The molecule has 198 valence electrons. The monoisotopic (exact) mass is 534 g/mol. The van der Waals surface area contributed by atoms with E-state index in [-0.39, 0.29) is 12.1 Å². The molecule has 2 unspecified atom stereocenters. The van der Waals surface area contributed by atoms with E-state index >= 15 is 0 Å². The Kier molecular flexibility index (Phi) is 8.23. The lowest BCUT2D eigenvalue weighted by atomic mass is 9.90. The molecule has 36 heavy (non-hydrogen) atoms. The summed E-state index contributed by atoms with van der Waals surface area (Å²) < 4.78 is 35.0. The quantitative estimate of drug-likeness (QED) is 0.475. The number of likely N-dealkylation sites (N-methyl/N-ethyl adjacent to an activating group) is 2. The molecule has 0 spiro atoms. The van der Waals surface area contributed by atoms with Crippen LogP contribution >= 0.6 is 12.2 Å². The highest BCUT2D eigenvalue weighted by atomic mass is 32.2. The number of rotatable bonds is 9. The van der Waals surface area contributed by atoms with E-state index in [2.05, 4.69) is 46.1 Å². The Hall–Kier alpha value is -2.21. The highest BCUT2D eigenvalue weighted by Gasteiger charge is 2.36. The number of anilines is 1. The summed E-state index contributed by atoms with van der Waals surface area (Å²) in [6, 6.07) is 5.33. The maximum Gasteiger partial charge on any atom is 0.243 e. The number of thiocarbonyl (C=S) groups is 1. The van der Waals surface area contributed by atoms with E-state index in [4.69, 9.17) is 17.0 Å². The van der Waals surface area contributed by atoms with Gasteiger partial charge in [-0.05, 0) is 44.0 Å². The number of aromatic amines is 1. The van der Waals surface area contributed by atoms with Crippen LogP contribution in [-0.4, -0.2) is 85.9 Å². The molecular formula is C25H38N6O3S2. The smallest absolute Gasteiger partial charge is 0.243 e. The minimum Gasteiger partial charge on any atom is -0.493 e. The standard InChI is InChI=1S/C25H38N6O3S2/c1-6-19(24-27-25(35)23-21(30(24)5)16-26-28-23)20-15-18(7-8-22(20)34-14-9-17(2)3)36(32,33)31-12-10-29(4)11-13-31/h7-8,15-17,19,24H,6,9-14H2,1-5H3,(H,26,28)(H,27,35). The Morgan fingerprint density at radius 1 is 1.19 bits per heavy atom. The van der Waals surface area contributed by atoms with Gasteiger partial charge in [0.1, 0.15) is 22.6 Å². The first kappa shape index (κ1) is 26.8. The summed E-state index contributed by atoms with van der Waals surface area (Å²) in [5.74, 6) is 1.15. The molecule has 1 fully saturated rings. The minimum absolute atomic E-state index is 0.0762. The third-order valence-corrected chi connectivity index (χ3v) is 9.39. The van der Waals surface area contributed by atoms with Crippen molar-refractivity contribution in [1.29, 1.82) is 0 Å². The Morgan fingerprint density at radius 2 is 1.92 bits per heavy atom. The number of fused-ring (bicyclic) bond motifs is 1. The fraction of sp³-hybridized carbons (Fsp3) is 0.600. The lowest BCUT2D eigenvalue weighted by molar-refractivity contribution is 0.222. The summed E-state index contributed by atoms with van der Waals surface area (Å²) in [4.78, 5) is 5.17. The van der Waals surface area contributed by atoms with Crippen LogP contribution in [0.5, 0.6) is 5.75 Å². The molecule has 4 rings (SSSR count). The van der Waals surface area contributed by atoms with Gasteiger partial charge in [-0.2, -0.15) is 9.40 Å². The van der Waals surface area contributed by atoms with Gasteiger partial charge in [-0.3, -0.25) is 5.10 Å². The van der Waals surface area contributed by atoms with Crippen molar-refractivity contribution in [2.75, 3.05) is 51.8 Å². The molecule has 0 amide bonds. The topological polar surface area (TPSA) is 93.8 Å². The van der Waals surface area contributed by atoms with Gasteiger partial charge in [-0.15, -0.1) is 0 Å². The molecule has 0 bridgehead atoms. The van der Waals surface area contributed by atoms with Crippen LogP contribution in [0.1, 0.15) is 50.8 Å². The molecule has 2 aromatic rings. The summed E-state index contributed by atoms with van der Waals surface area (Å²) in [7, 11) is 0.396. The number of aromatic nitrogens is 2. The third kappa shape index (κ3) is 5.39. The van der Waals surface area contributed by atoms with Crippen LogP contribution in [0.3, 0.4) is 0 Å². The van der Waals surface area contributed by atoms with Crippen LogP contribution < -0.4 is 15.0 Å². The van der Waals surface area contributed by atoms with Gasteiger partial charge < -0.3 is 19.9 Å². The SMILES string of the molecule is CCC(c1cc(S(=O)(=O)N2CCN(C)CC2)ccc1OCCC(C)C)C1NC(=S)c2[nH]ncc2N1C. The van der Waals surface area contributed by atoms with Crippen molar-refractivity contribution in [3.05, 3.63) is 35.7 Å². The largest absolute Gasteiger partial charge is 0.493 e. The molecule has 1 saturated heterocycles. The number of piperazine rings is 1. The van der Waals surface area contributed by atoms with Crippen molar-refractivity contribution in [3.8, 4) is 5.75 Å². The summed E-state index contributed by atoms with van der Waals surface area (Å²) in [6.45, 7) is 9.43. The number of hydrogen-bond acceptors (Lipinski definition) is 7. The summed E-state index contributed by atoms with van der Waals surface area (Å²) in [5, 5.41) is 10.6. The Morgan fingerprint density at radius 3 is 2.58 bits per heavy atom. The molecule has 2 aliphatic rings. The number of ether oxygens (including phenoxy) is 1. The van der Waals surface area contributed by atoms with Crippen LogP contribution in [0.2, 0.25) is 0 Å². The van der Waals surface area contributed by atoms with Gasteiger partial charge in [-0.25, -0.2) is 8.42 Å². The summed E-state index contributed by atoms with van der Waals surface area (Å²) >= 11 is 5.63.